The van der Waals surface area contributed by atoms with Gasteiger partial charge in [-0.1, -0.05) is 74.5 Å². The normalized spacial score (nSPS) is 18.1. The number of halogens is 4. The highest BCUT2D eigenvalue weighted by Crippen LogP contribution is 2.43. The predicted molar refractivity (Wildman–Crippen MR) is 135 cm³/mol. The van der Waals surface area contributed by atoms with Gasteiger partial charge >= 0.3 is 6.18 Å². The first-order chi connectivity index (χ1) is 17.3. The molecule has 1 saturated heterocycles. The van der Waals surface area contributed by atoms with Crippen LogP contribution in [0.15, 0.2) is 73.3 Å². The van der Waals surface area contributed by atoms with Gasteiger partial charge < -0.3 is 9.47 Å². The molecule has 1 fully saturated rings. The Morgan fingerprint density at radius 1 is 0.944 bits per heavy atom. The largest absolute Gasteiger partial charge is 0.490 e. The summed E-state index contributed by atoms with van der Waals surface area (Å²) in [5, 5.41) is 0. The molecule has 3 aromatic rings. The maximum Gasteiger partial charge on any atom is 0.419 e. The van der Waals surface area contributed by atoms with Crippen LogP contribution >= 0.6 is 0 Å². The van der Waals surface area contributed by atoms with Crippen molar-refractivity contribution in [1.82, 2.24) is 0 Å². The van der Waals surface area contributed by atoms with Gasteiger partial charge in [0.1, 0.15) is 18.2 Å². The van der Waals surface area contributed by atoms with E-state index in [-0.39, 0.29) is 23.8 Å². The summed E-state index contributed by atoms with van der Waals surface area (Å²) >= 11 is 0. The Morgan fingerprint density at radius 2 is 1.58 bits per heavy atom. The molecule has 0 bridgehead atoms. The smallest absolute Gasteiger partial charge is 0.419 e. The second kappa shape index (κ2) is 11.3. The molecule has 0 radical (unpaired) electrons. The van der Waals surface area contributed by atoms with Crippen molar-refractivity contribution >= 4 is 0 Å². The predicted octanol–water partition coefficient (Wildman–Crippen LogP) is 8.81. The van der Waals surface area contributed by atoms with E-state index in [1.807, 2.05) is 31.2 Å². The fourth-order valence-electron chi connectivity index (χ4n) is 4.78. The number of hydrogen-bond acceptors (Lipinski definition) is 2. The van der Waals surface area contributed by atoms with E-state index in [1.165, 1.54) is 12.1 Å². The lowest BCUT2D eigenvalue weighted by Crippen LogP contribution is -2.26. The third-order valence-electron chi connectivity index (χ3n) is 6.63. The van der Waals surface area contributed by atoms with E-state index >= 15 is 4.39 Å². The quantitative estimate of drug-likeness (QED) is 0.228. The minimum absolute atomic E-state index is 0.0194. The number of ether oxygens (including phenoxy) is 2. The Labute approximate surface area is 209 Å². The Kier molecular flexibility index (Phi) is 8.14. The van der Waals surface area contributed by atoms with Crippen molar-refractivity contribution in [2.75, 3.05) is 13.2 Å². The average molecular weight is 499 g/mol. The first kappa shape index (κ1) is 26.0. The summed E-state index contributed by atoms with van der Waals surface area (Å²) in [6.45, 7) is 6.25. The minimum atomic E-state index is -4.80. The van der Waals surface area contributed by atoms with E-state index in [1.54, 1.807) is 30.3 Å². The molecular formula is C30H30F4O2. The van der Waals surface area contributed by atoms with Crippen molar-refractivity contribution in [3.63, 3.8) is 0 Å². The van der Waals surface area contributed by atoms with Crippen LogP contribution in [0.1, 0.15) is 49.7 Å². The van der Waals surface area contributed by atoms with Crippen LogP contribution in [0.3, 0.4) is 0 Å². The Hall–Kier alpha value is -3.12. The minimum Gasteiger partial charge on any atom is -0.490 e. The van der Waals surface area contributed by atoms with Gasteiger partial charge in [0.15, 0.2) is 0 Å². The van der Waals surface area contributed by atoms with Crippen molar-refractivity contribution in [2.24, 2.45) is 0 Å². The van der Waals surface area contributed by atoms with Crippen LogP contribution in [0.5, 0.6) is 5.75 Å². The van der Waals surface area contributed by atoms with Gasteiger partial charge in [0.05, 0.1) is 18.3 Å². The van der Waals surface area contributed by atoms with Crippen LogP contribution < -0.4 is 4.74 Å². The van der Waals surface area contributed by atoms with Crippen LogP contribution in [0.25, 0.3) is 22.3 Å². The van der Waals surface area contributed by atoms with Gasteiger partial charge in [0.2, 0.25) is 0 Å². The van der Waals surface area contributed by atoms with Crippen LogP contribution in [-0.4, -0.2) is 19.3 Å². The first-order valence-electron chi connectivity index (χ1n) is 12.3. The van der Waals surface area contributed by atoms with E-state index in [0.717, 1.165) is 24.0 Å². The number of benzene rings is 3. The van der Waals surface area contributed by atoms with Gasteiger partial charge in [-0.2, -0.15) is 13.2 Å². The molecule has 1 heterocycles. The molecule has 1 aliphatic rings. The summed E-state index contributed by atoms with van der Waals surface area (Å²) in [7, 11) is 0. The fourth-order valence-corrected chi connectivity index (χ4v) is 4.78. The van der Waals surface area contributed by atoms with Crippen LogP contribution in [-0.2, 0) is 10.9 Å². The molecule has 190 valence electrons. The molecule has 0 N–H and O–H groups in total. The van der Waals surface area contributed by atoms with E-state index < -0.39 is 23.5 Å². The third-order valence-corrected chi connectivity index (χ3v) is 6.63. The summed E-state index contributed by atoms with van der Waals surface area (Å²) in [5.41, 5.74) is 0.908. The molecule has 0 saturated carbocycles. The maximum atomic E-state index is 15.5. The zero-order valence-electron chi connectivity index (χ0n) is 20.3. The van der Waals surface area contributed by atoms with E-state index in [9.17, 15) is 13.2 Å². The zero-order valence-corrected chi connectivity index (χ0v) is 20.3. The molecule has 2 atom stereocenters. The van der Waals surface area contributed by atoms with E-state index in [0.29, 0.717) is 30.8 Å². The summed E-state index contributed by atoms with van der Waals surface area (Å²) in [4.78, 5) is 0. The standard InChI is InChI=1S/C30H30F4O2/c1-3-5-24-15-12-23(19-36-24)26-16-17-27(29(31)28(26)30(32,33)34)22-8-6-20(7-9-22)21-10-13-25(14-11-21)35-18-4-2/h4,6-11,13-14,16-17,23-24H,2-3,5,12,15,18-19H2,1H3. The molecular weight excluding hydrogens is 468 g/mol. The highest BCUT2D eigenvalue weighted by atomic mass is 19.4. The molecule has 0 amide bonds. The lowest BCUT2D eigenvalue weighted by Gasteiger charge is -2.31. The topological polar surface area (TPSA) is 18.5 Å². The number of alkyl halides is 3. The molecule has 0 spiro atoms. The molecule has 36 heavy (non-hydrogen) atoms. The molecule has 4 rings (SSSR count). The Balaban J connectivity index is 1.60. The third kappa shape index (κ3) is 5.81. The summed E-state index contributed by atoms with van der Waals surface area (Å²) < 4.78 is 68.9. The highest BCUT2D eigenvalue weighted by Gasteiger charge is 2.40. The Morgan fingerprint density at radius 3 is 2.14 bits per heavy atom. The van der Waals surface area contributed by atoms with Crippen LogP contribution in [0.2, 0.25) is 0 Å². The monoisotopic (exact) mass is 498 g/mol. The Bertz CT molecular complexity index is 1160. The lowest BCUT2D eigenvalue weighted by molar-refractivity contribution is -0.141. The van der Waals surface area contributed by atoms with Crippen molar-refractivity contribution < 1.29 is 27.0 Å². The summed E-state index contributed by atoms with van der Waals surface area (Å²) in [5.74, 6) is -0.993. The molecule has 2 unspecified atom stereocenters. The van der Waals surface area contributed by atoms with Crippen molar-refractivity contribution in [3.05, 3.63) is 90.3 Å². The first-order valence-corrected chi connectivity index (χ1v) is 12.3. The zero-order chi connectivity index (χ0) is 25.7. The van der Waals surface area contributed by atoms with Crippen molar-refractivity contribution in [1.29, 1.82) is 0 Å². The van der Waals surface area contributed by atoms with Gasteiger partial charge in [0.25, 0.3) is 0 Å². The highest BCUT2D eigenvalue weighted by molar-refractivity contribution is 5.72. The van der Waals surface area contributed by atoms with E-state index in [2.05, 4.69) is 6.58 Å². The second-order valence-corrected chi connectivity index (χ2v) is 9.11. The summed E-state index contributed by atoms with van der Waals surface area (Å²) in [6.07, 6.45) is 0.00917. The number of rotatable bonds is 8. The van der Waals surface area contributed by atoms with Crippen LogP contribution in [0.4, 0.5) is 17.6 Å². The van der Waals surface area contributed by atoms with E-state index in [4.69, 9.17) is 9.47 Å². The molecule has 6 heteroatoms. The van der Waals surface area contributed by atoms with Gasteiger partial charge in [-0.25, -0.2) is 4.39 Å². The average Bonchev–Trinajstić information content (AvgIpc) is 2.88. The number of hydrogen-bond donors (Lipinski definition) is 0. The lowest BCUT2D eigenvalue weighted by atomic mass is 9.85. The van der Waals surface area contributed by atoms with Crippen molar-refractivity contribution in [3.8, 4) is 28.0 Å². The summed E-state index contributed by atoms with van der Waals surface area (Å²) in [6, 6.07) is 17.2. The molecule has 0 aromatic heterocycles. The second-order valence-electron chi connectivity index (χ2n) is 9.11. The van der Waals surface area contributed by atoms with Gasteiger partial charge in [-0.3, -0.25) is 0 Å². The fraction of sp³-hybridized carbons (Fsp3) is 0.333. The SMILES string of the molecule is C=CCOc1ccc(-c2ccc(-c3ccc(C4CCC(CCC)OC4)c(C(F)(F)F)c3F)cc2)cc1. The van der Waals surface area contributed by atoms with Gasteiger partial charge in [0, 0.05) is 11.5 Å². The van der Waals surface area contributed by atoms with Gasteiger partial charge in [-0.15, -0.1) is 0 Å². The maximum absolute atomic E-state index is 15.5. The molecule has 0 aliphatic carbocycles. The molecule has 1 aliphatic heterocycles. The molecule has 2 nitrogen and oxygen atoms in total. The molecule has 3 aromatic carbocycles. The van der Waals surface area contributed by atoms with Gasteiger partial charge in [-0.05, 0) is 53.6 Å². The van der Waals surface area contributed by atoms with Crippen molar-refractivity contribution in [2.45, 2.75) is 50.8 Å². The van der Waals surface area contributed by atoms with Crippen LogP contribution in [0, 0.1) is 5.82 Å².